The maximum absolute atomic E-state index is 12.6. The van der Waals surface area contributed by atoms with Gasteiger partial charge < -0.3 is 10.7 Å². The zero-order valence-electron chi connectivity index (χ0n) is 16.3. The van der Waals surface area contributed by atoms with E-state index in [0.29, 0.717) is 18.2 Å². The number of carbonyl (C=O) groups excluding carboxylic acids is 1. The summed E-state index contributed by atoms with van der Waals surface area (Å²) in [5.41, 5.74) is 10.5. The molecule has 0 aliphatic rings. The molecule has 8 nitrogen and oxygen atoms in total. The van der Waals surface area contributed by atoms with Gasteiger partial charge in [-0.3, -0.25) is 19.2 Å². The first kappa shape index (κ1) is 18.7. The molecule has 0 radical (unpaired) electrons. The van der Waals surface area contributed by atoms with E-state index >= 15 is 0 Å². The van der Waals surface area contributed by atoms with Crippen LogP contribution < -0.4 is 16.7 Å². The van der Waals surface area contributed by atoms with Crippen molar-refractivity contribution in [2.24, 2.45) is 5.73 Å². The standard InChI is InChI=1S/C21H22N6O2/c1-3-26-16-10-9-15(11-17(16)27(12-22)21(26)29)19-18(14-7-5-4-6-8-14)24-20(25-19)23-13(2)28/h4-11H,3,12,22H2,1-2H3,(H2,23,24,25,28). The summed E-state index contributed by atoms with van der Waals surface area (Å²) in [7, 11) is 0. The molecule has 2 heterocycles. The highest BCUT2D eigenvalue weighted by Crippen LogP contribution is 2.33. The van der Waals surface area contributed by atoms with Crippen molar-refractivity contribution < 1.29 is 4.79 Å². The number of aryl methyl sites for hydroxylation is 1. The highest BCUT2D eigenvalue weighted by atomic mass is 16.2. The molecule has 148 valence electrons. The van der Waals surface area contributed by atoms with Gasteiger partial charge in [0.25, 0.3) is 0 Å². The van der Waals surface area contributed by atoms with Crippen LogP contribution in [0.5, 0.6) is 0 Å². The summed E-state index contributed by atoms with van der Waals surface area (Å²) in [5, 5.41) is 2.70. The third kappa shape index (κ3) is 3.23. The van der Waals surface area contributed by atoms with Gasteiger partial charge in [-0.05, 0) is 19.1 Å². The number of H-pyrrole nitrogens is 1. The van der Waals surface area contributed by atoms with E-state index in [4.69, 9.17) is 5.73 Å². The summed E-state index contributed by atoms with van der Waals surface area (Å²) < 4.78 is 3.24. The molecule has 1 amide bonds. The second-order valence-corrected chi connectivity index (χ2v) is 6.70. The van der Waals surface area contributed by atoms with Crippen molar-refractivity contribution >= 4 is 22.9 Å². The quantitative estimate of drug-likeness (QED) is 0.486. The van der Waals surface area contributed by atoms with Gasteiger partial charge in [-0.1, -0.05) is 36.4 Å². The van der Waals surface area contributed by atoms with E-state index in [1.807, 2.05) is 55.5 Å². The second kappa shape index (κ2) is 7.40. The number of carbonyl (C=O) groups is 1. The first-order chi connectivity index (χ1) is 14.0. The summed E-state index contributed by atoms with van der Waals surface area (Å²) in [4.78, 5) is 31.9. The molecule has 0 atom stereocenters. The van der Waals surface area contributed by atoms with Crippen molar-refractivity contribution in [3.8, 4) is 22.5 Å². The van der Waals surface area contributed by atoms with Crippen LogP contribution in [-0.4, -0.2) is 25.0 Å². The Morgan fingerprint density at radius 2 is 1.86 bits per heavy atom. The molecule has 0 spiro atoms. The SMILES string of the molecule is CCn1c(=O)n(CN)c2cc(-c3nc(NC(C)=O)[nH]c3-c3ccccc3)ccc21. The zero-order valence-corrected chi connectivity index (χ0v) is 16.3. The van der Waals surface area contributed by atoms with Gasteiger partial charge in [0.15, 0.2) is 0 Å². The predicted octanol–water partition coefficient (Wildman–Crippen LogP) is 2.75. The van der Waals surface area contributed by atoms with Gasteiger partial charge in [-0.2, -0.15) is 0 Å². The number of hydrogen-bond donors (Lipinski definition) is 3. The summed E-state index contributed by atoms with van der Waals surface area (Å²) in [6, 6.07) is 15.5. The number of fused-ring (bicyclic) bond motifs is 1. The number of amides is 1. The Bertz CT molecular complexity index is 1250. The maximum Gasteiger partial charge on any atom is 0.330 e. The normalized spacial score (nSPS) is 11.1. The summed E-state index contributed by atoms with van der Waals surface area (Å²) in [6.45, 7) is 4.02. The maximum atomic E-state index is 12.6. The highest BCUT2D eigenvalue weighted by molar-refractivity contribution is 5.90. The van der Waals surface area contributed by atoms with E-state index in [1.54, 1.807) is 9.13 Å². The van der Waals surface area contributed by atoms with Gasteiger partial charge in [0.05, 0.1) is 29.1 Å². The number of nitrogens with one attached hydrogen (secondary N) is 2. The topological polar surface area (TPSA) is 111 Å². The van der Waals surface area contributed by atoms with Crippen LogP contribution in [0.4, 0.5) is 5.95 Å². The number of aromatic nitrogens is 4. The van der Waals surface area contributed by atoms with E-state index < -0.39 is 0 Å². The lowest BCUT2D eigenvalue weighted by Gasteiger charge is -2.05. The number of hydrogen-bond acceptors (Lipinski definition) is 4. The molecular weight excluding hydrogens is 368 g/mol. The fourth-order valence-electron chi connectivity index (χ4n) is 3.57. The van der Waals surface area contributed by atoms with Gasteiger partial charge >= 0.3 is 5.69 Å². The van der Waals surface area contributed by atoms with Crippen molar-refractivity contribution in [2.45, 2.75) is 27.1 Å². The Labute approximate surface area is 167 Å². The minimum Gasteiger partial charge on any atom is -0.323 e. The third-order valence-corrected chi connectivity index (χ3v) is 4.85. The molecule has 0 bridgehead atoms. The molecule has 2 aromatic carbocycles. The van der Waals surface area contributed by atoms with Gasteiger partial charge in [0, 0.05) is 24.6 Å². The van der Waals surface area contributed by atoms with Crippen LogP contribution in [0.3, 0.4) is 0 Å². The van der Waals surface area contributed by atoms with Crippen LogP contribution in [0, 0.1) is 0 Å². The lowest BCUT2D eigenvalue weighted by atomic mass is 10.0. The number of benzene rings is 2. The Balaban J connectivity index is 1.94. The van der Waals surface area contributed by atoms with Crippen molar-refractivity contribution in [2.75, 3.05) is 5.32 Å². The lowest BCUT2D eigenvalue weighted by Crippen LogP contribution is -2.26. The Morgan fingerprint density at radius 3 is 2.52 bits per heavy atom. The third-order valence-electron chi connectivity index (χ3n) is 4.85. The summed E-state index contributed by atoms with van der Waals surface area (Å²) in [6.07, 6.45) is 0. The van der Waals surface area contributed by atoms with E-state index in [2.05, 4.69) is 15.3 Å². The van der Waals surface area contributed by atoms with Crippen LogP contribution in [0.2, 0.25) is 0 Å². The predicted molar refractivity (Wildman–Crippen MR) is 113 cm³/mol. The number of nitrogens with two attached hydrogens (primary N) is 1. The lowest BCUT2D eigenvalue weighted by molar-refractivity contribution is -0.114. The van der Waals surface area contributed by atoms with Crippen LogP contribution in [0.15, 0.2) is 53.3 Å². The molecule has 0 saturated carbocycles. The zero-order chi connectivity index (χ0) is 20.5. The summed E-state index contributed by atoms with van der Waals surface area (Å²) >= 11 is 0. The first-order valence-electron chi connectivity index (χ1n) is 9.40. The first-order valence-corrected chi connectivity index (χ1v) is 9.40. The number of aromatic amines is 1. The molecule has 0 aliphatic heterocycles. The van der Waals surface area contributed by atoms with Crippen LogP contribution in [-0.2, 0) is 18.0 Å². The fourth-order valence-corrected chi connectivity index (χ4v) is 3.57. The van der Waals surface area contributed by atoms with E-state index in [1.165, 1.54) is 6.92 Å². The molecular formula is C21H22N6O2. The van der Waals surface area contributed by atoms with Crippen LogP contribution in [0.25, 0.3) is 33.5 Å². The minimum atomic E-state index is -0.211. The molecule has 0 saturated heterocycles. The van der Waals surface area contributed by atoms with Crippen LogP contribution >= 0.6 is 0 Å². The van der Waals surface area contributed by atoms with Gasteiger partial charge in [0.1, 0.15) is 0 Å². The number of imidazole rings is 2. The average Bonchev–Trinajstić information content (AvgIpc) is 3.25. The number of nitrogens with zero attached hydrogens (tertiary/aromatic N) is 3. The number of rotatable bonds is 5. The molecule has 29 heavy (non-hydrogen) atoms. The second-order valence-electron chi connectivity index (χ2n) is 6.70. The molecule has 0 fully saturated rings. The van der Waals surface area contributed by atoms with Gasteiger partial charge in [0.2, 0.25) is 11.9 Å². The molecule has 4 N–H and O–H groups in total. The van der Waals surface area contributed by atoms with Crippen molar-refractivity contribution in [1.82, 2.24) is 19.1 Å². The Hall–Kier alpha value is -3.65. The van der Waals surface area contributed by atoms with Crippen molar-refractivity contribution in [3.63, 3.8) is 0 Å². The van der Waals surface area contributed by atoms with E-state index in [-0.39, 0.29) is 18.3 Å². The van der Waals surface area contributed by atoms with Gasteiger partial charge in [-0.25, -0.2) is 9.78 Å². The molecule has 0 unspecified atom stereocenters. The molecule has 4 aromatic rings. The van der Waals surface area contributed by atoms with E-state index in [0.717, 1.165) is 27.9 Å². The van der Waals surface area contributed by atoms with E-state index in [9.17, 15) is 9.59 Å². The monoisotopic (exact) mass is 390 g/mol. The minimum absolute atomic E-state index is 0.0923. The van der Waals surface area contributed by atoms with Crippen LogP contribution in [0.1, 0.15) is 13.8 Å². The smallest absolute Gasteiger partial charge is 0.323 e. The molecule has 4 rings (SSSR count). The number of anilines is 1. The Kier molecular flexibility index (Phi) is 4.77. The summed E-state index contributed by atoms with van der Waals surface area (Å²) in [5.74, 6) is 0.158. The average molecular weight is 390 g/mol. The highest BCUT2D eigenvalue weighted by Gasteiger charge is 2.18. The molecule has 8 heteroatoms. The van der Waals surface area contributed by atoms with Crippen molar-refractivity contribution in [3.05, 3.63) is 59.0 Å². The Morgan fingerprint density at radius 1 is 1.10 bits per heavy atom. The van der Waals surface area contributed by atoms with Crippen molar-refractivity contribution in [1.29, 1.82) is 0 Å². The fraction of sp³-hybridized carbons (Fsp3) is 0.190. The largest absolute Gasteiger partial charge is 0.330 e. The molecule has 2 aromatic heterocycles. The van der Waals surface area contributed by atoms with Gasteiger partial charge in [-0.15, -0.1) is 0 Å². The molecule has 0 aliphatic carbocycles.